The minimum atomic E-state index is -1.59. The van der Waals surface area contributed by atoms with Gasteiger partial charge in [-0.1, -0.05) is 59.3 Å². The van der Waals surface area contributed by atoms with E-state index < -0.39 is 8.32 Å². The van der Waals surface area contributed by atoms with Gasteiger partial charge in [-0.2, -0.15) is 0 Å². The number of unbranched alkanes of at least 4 members (excludes halogenated alkanes) is 3. The molecule has 0 atom stereocenters. The Kier molecular flexibility index (Phi) is 9.69. The molecule has 0 radical (unpaired) electrons. The van der Waals surface area contributed by atoms with E-state index in [0.29, 0.717) is 0 Å². The molecule has 0 saturated carbocycles. The van der Waals surface area contributed by atoms with Gasteiger partial charge < -0.3 is 4.53 Å². The third-order valence-corrected chi connectivity index (χ3v) is 7.53. The first-order chi connectivity index (χ1) is 7.74. The van der Waals surface area contributed by atoms with E-state index in [1.165, 1.54) is 56.7 Å². The smallest absolute Gasteiger partial charge is 0.287 e. The molecular weight excluding hydrogens is 214 g/mol. The van der Waals surface area contributed by atoms with Crippen LogP contribution in [0.15, 0.2) is 5.16 Å². The SMILES string of the molecule is C=NO[Si](CCCC)(CCCC)CCCC. The highest BCUT2D eigenvalue weighted by Gasteiger charge is 2.35. The molecule has 0 aliphatic heterocycles. The molecular formula is C13H29NOSi. The van der Waals surface area contributed by atoms with E-state index in [4.69, 9.17) is 4.53 Å². The molecule has 0 aliphatic carbocycles. The second-order valence-electron chi connectivity index (χ2n) is 4.71. The quantitative estimate of drug-likeness (QED) is 0.285. The van der Waals surface area contributed by atoms with Crippen LogP contribution in [0, 0.1) is 0 Å². The largest absolute Gasteiger partial charge is 0.455 e. The van der Waals surface area contributed by atoms with E-state index in [-0.39, 0.29) is 0 Å². The van der Waals surface area contributed by atoms with Gasteiger partial charge >= 0.3 is 0 Å². The molecule has 0 bridgehead atoms. The Morgan fingerprint density at radius 3 is 1.50 bits per heavy atom. The summed E-state index contributed by atoms with van der Waals surface area (Å²) in [5.41, 5.74) is 0. The summed E-state index contributed by atoms with van der Waals surface area (Å²) in [5, 5.41) is 3.78. The zero-order valence-electron chi connectivity index (χ0n) is 11.4. The molecule has 0 aromatic carbocycles. The summed E-state index contributed by atoms with van der Waals surface area (Å²) < 4.78 is 5.79. The first-order valence-corrected chi connectivity index (χ1v) is 9.41. The fourth-order valence-electron chi connectivity index (χ4n) is 2.15. The molecule has 0 saturated heterocycles. The van der Waals surface area contributed by atoms with Gasteiger partial charge in [0.1, 0.15) is 0 Å². The average Bonchev–Trinajstić information content (AvgIpc) is 2.31. The van der Waals surface area contributed by atoms with Crippen molar-refractivity contribution in [3.63, 3.8) is 0 Å². The summed E-state index contributed by atoms with van der Waals surface area (Å²) in [6.45, 7) is 10.3. The van der Waals surface area contributed by atoms with Crippen molar-refractivity contribution in [3.8, 4) is 0 Å². The molecule has 16 heavy (non-hydrogen) atoms. The molecule has 0 unspecified atom stereocenters. The lowest BCUT2D eigenvalue weighted by Crippen LogP contribution is -2.36. The van der Waals surface area contributed by atoms with Crippen molar-refractivity contribution >= 4 is 15.0 Å². The Bertz CT molecular complexity index is 152. The minimum Gasteiger partial charge on any atom is -0.455 e. The molecule has 96 valence electrons. The molecule has 0 heterocycles. The van der Waals surface area contributed by atoms with Crippen molar-refractivity contribution in [3.05, 3.63) is 0 Å². The molecule has 0 amide bonds. The molecule has 3 heteroatoms. The lowest BCUT2D eigenvalue weighted by atomic mass is 10.4. The van der Waals surface area contributed by atoms with E-state index >= 15 is 0 Å². The van der Waals surface area contributed by atoms with Crippen molar-refractivity contribution in [1.29, 1.82) is 0 Å². The molecule has 0 aromatic rings. The topological polar surface area (TPSA) is 21.6 Å². The number of hydrogen-bond acceptors (Lipinski definition) is 2. The first kappa shape index (κ1) is 15.7. The average molecular weight is 243 g/mol. The van der Waals surface area contributed by atoms with E-state index in [1.54, 1.807) is 0 Å². The molecule has 2 nitrogen and oxygen atoms in total. The van der Waals surface area contributed by atoms with Crippen LogP contribution in [0.5, 0.6) is 0 Å². The Labute approximate surface area is 103 Å². The van der Waals surface area contributed by atoms with Crippen LogP contribution in [-0.2, 0) is 4.53 Å². The van der Waals surface area contributed by atoms with Crippen molar-refractivity contribution in [2.24, 2.45) is 5.16 Å². The molecule has 0 aliphatic rings. The van der Waals surface area contributed by atoms with Gasteiger partial charge in [-0.15, -0.1) is 5.16 Å². The lowest BCUT2D eigenvalue weighted by Gasteiger charge is -2.28. The number of nitrogens with zero attached hydrogens (tertiary/aromatic N) is 1. The van der Waals surface area contributed by atoms with Crippen LogP contribution in [0.1, 0.15) is 59.3 Å². The van der Waals surface area contributed by atoms with Crippen LogP contribution in [0.3, 0.4) is 0 Å². The zero-order valence-corrected chi connectivity index (χ0v) is 12.4. The number of hydrogen-bond donors (Lipinski definition) is 0. The van der Waals surface area contributed by atoms with Gasteiger partial charge in [0, 0.05) is 6.72 Å². The predicted octanol–water partition coefficient (Wildman–Crippen LogP) is 4.96. The van der Waals surface area contributed by atoms with Gasteiger partial charge in [0.15, 0.2) is 0 Å². The Morgan fingerprint density at radius 1 is 0.875 bits per heavy atom. The van der Waals surface area contributed by atoms with E-state index in [1.807, 2.05) is 0 Å². The maximum absolute atomic E-state index is 5.79. The lowest BCUT2D eigenvalue weighted by molar-refractivity contribution is 0.318. The molecule has 0 aromatic heterocycles. The second-order valence-corrected chi connectivity index (χ2v) is 8.76. The van der Waals surface area contributed by atoms with Gasteiger partial charge in [-0.25, -0.2) is 0 Å². The molecule has 0 rings (SSSR count). The fourth-order valence-corrected chi connectivity index (χ4v) is 6.44. The summed E-state index contributed by atoms with van der Waals surface area (Å²) in [6.07, 6.45) is 7.63. The highest BCUT2D eigenvalue weighted by molar-refractivity contribution is 6.73. The van der Waals surface area contributed by atoms with E-state index in [2.05, 4.69) is 32.6 Å². The van der Waals surface area contributed by atoms with Crippen molar-refractivity contribution in [1.82, 2.24) is 0 Å². The van der Waals surface area contributed by atoms with Crippen LogP contribution in [0.2, 0.25) is 18.1 Å². The zero-order chi connectivity index (χ0) is 12.3. The summed E-state index contributed by atoms with van der Waals surface area (Å²) in [7, 11) is -1.59. The van der Waals surface area contributed by atoms with E-state index in [0.717, 1.165) is 0 Å². The normalized spacial score (nSPS) is 11.4. The van der Waals surface area contributed by atoms with Crippen LogP contribution in [0.4, 0.5) is 0 Å². The molecule has 0 fully saturated rings. The van der Waals surface area contributed by atoms with E-state index in [9.17, 15) is 0 Å². The monoisotopic (exact) mass is 243 g/mol. The van der Waals surface area contributed by atoms with Gasteiger partial charge in [0.2, 0.25) is 0 Å². The van der Waals surface area contributed by atoms with Crippen LogP contribution in [-0.4, -0.2) is 15.0 Å². The predicted molar refractivity (Wildman–Crippen MR) is 75.5 cm³/mol. The maximum Gasteiger partial charge on any atom is 0.287 e. The van der Waals surface area contributed by atoms with Crippen LogP contribution >= 0.6 is 0 Å². The summed E-state index contributed by atoms with van der Waals surface area (Å²) in [4.78, 5) is 0. The third-order valence-electron chi connectivity index (χ3n) is 3.22. The maximum atomic E-state index is 5.79. The summed E-state index contributed by atoms with van der Waals surface area (Å²) in [5.74, 6) is 0. The Hall–Kier alpha value is -0.313. The summed E-state index contributed by atoms with van der Waals surface area (Å²) in [6, 6.07) is 3.80. The third kappa shape index (κ3) is 6.31. The van der Waals surface area contributed by atoms with Crippen molar-refractivity contribution < 1.29 is 4.53 Å². The van der Waals surface area contributed by atoms with Crippen molar-refractivity contribution in [2.45, 2.75) is 77.4 Å². The number of oxime groups is 1. The Balaban J connectivity index is 4.37. The van der Waals surface area contributed by atoms with Crippen LogP contribution < -0.4 is 0 Å². The highest BCUT2D eigenvalue weighted by atomic mass is 28.4. The van der Waals surface area contributed by atoms with Gasteiger partial charge in [-0.3, -0.25) is 0 Å². The van der Waals surface area contributed by atoms with Gasteiger partial charge in [0.05, 0.1) is 0 Å². The standard InChI is InChI=1S/C13H29NOSi/c1-5-8-11-16(15-14-4,12-9-6-2)13-10-7-3/h4-13H2,1-3H3. The minimum absolute atomic E-state index is 1.26. The number of rotatable bonds is 11. The van der Waals surface area contributed by atoms with Crippen molar-refractivity contribution in [2.75, 3.05) is 0 Å². The Morgan fingerprint density at radius 2 is 1.25 bits per heavy atom. The highest BCUT2D eigenvalue weighted by Crippen LogP contribution is 2.29. The van der Waals surface area contributed by atoms with Gasteiger partial charge in [-0.05, 0) is 18.1 Å². The molecule has 0 spiro atoms. The second kappa shape index (κ2) is 9.88. The summed E-state index contributed by atoms with van der Waals surface area (Å²) >= 11 is 0. The fraction of sp³-hybridized carbons (Fsp3) is 0.923. The first-order valence-electron chi connectivity index (χ1n) is 6.88. The van der Waals surface area contributed by atoms with Gasteiger partial charge in [0.25, 0.3) is 8.32 Å². The molecule has 0 N–H and O–H groups in total. The van der Waals surface area contributed by atoms with Crippen LogP contribution in [0.25, 0.3) is 0 Å².